The number of anilines is 1. The minimum atomic E-state index is -0.669. The Morgan fingerprint density at radius 1 is 1.33 bits per heavy atom. The number of carbonyl (C=O) groups is 1. The predicted octanol–water partition coefficient (Wildman–Crippen LogP) is 3.01. The average molecular weight is 247 g/mol. The van der Waals surface area contributed by atoms with Gasteiger partial charge < -0.3 is 10.0 Å². The van der Waals surface area contributed by atoms with E-state index in [0.717, 1.165) is 25.1 Å². The van der Waals surface area contributed by atoms with Crippen LogP contribution in [-0.2, 0) is 4.79 Å². The van der Waals surface area contributed by atoms with E-state index in [1.54, 1.807) is 0 Å². The van der Waals surface area contributed by atoms with E-state index in [4.69, 9.17) is 0 Å². The lowest BCUT2D eigenvalue weighted by Gasteiger charge is -2.33. The molecule has 98 valence electrons. The van der Waals surface area contributed by atoms with E-state index in [2.05, 4.69) is 17.0 Å². The molecular weight excluding hydrogens is 226 g/mol. The van der Waals surface area contributed by atoms with Gasteiger partial charge in [0.15, 0.2) is 0 Å². The van der Waals surface area contributed by atoms with Crippen LogP contribution in [0.4, 0.5) is 5.69 Å². The molecule has 3 heteroatoms. The fourth-order valence-electron chi connectivity index (χ4n) is 3.00. The lowest BCUT2D eigenvalue weighted by molar-refractivity contribution is -0.144. The summed E-state index contributed by atoms with van der Waals surface area (Å²) in [6, 6.07) is 10.3. The molecule has 3 nitrogen and oxygen atoms in total. The predicted molar refractivity (Wildman–Crippen MR) is 72.8 cm³/mol. The van der Waals surface area contributed by atoms with Crippen molar-refractivity contribution < 1.29 is 9.90 Å². The van der Waals surface area contributed by atoms with E-state index < -0.39 is 5.97 Å². The Balaban J connectivity index is 2.24. The number of carboxylic acids is 1. The Labute approximate surface area is 108 Å². The van der Waals surface area contributed by atoms with Gasteiger partial charge in [0.05, 0.1) is 5.92 Å². The van der Waals surface area contributed by atoms with E-state index in [0.29, 0.717) is 0 Å². The van der Waals surface area contributed by atoms with Gasteiger partial charge in [0.1, 0.15) is 0 Å². The van der Waals surface area contributed by atoms with Crippen molar-refractivity contribution in [1.29, 1.82) is 0 Å². The molecule has 0 unspecified atom stereocenters. The number of carboxylic acid groups (broad SMARTS) is 1. The molecule has 0 aliphatic carbocycles. The molecule has 1 aliphatic rings. The van der Waals surface area contributed by atoms with Gasteiger partial charge in [0.2, 0.25) is 0 Å². The fraction of sp³-hybridized carbons (Fsp3) is 0.533. The van der Waals surface area contributed by atoms with Crippen molar-refractivity contribution in [1.82, 2.24) is 0 Å². The summed E-state index contributed by atoms with van der Waals surface area (Å²) in [5, 5.41) is 9.44. The molecule has 1 N–H and O–H groups in total. The molecule has 0 radical (unpaired) electrons. The second kappa shape index (κ2) is 5.42. The number of para-hydroxylation sites is 1. The Morgan fingerprint density at radius 2 is 2.00 bits per heavy atom. The quantitative estimate of drug-likeness (QED) is 0.889. The van der Waals surface area contributed by atoms with Crippen LogP contribution in [-0.4, -0.2) is 23.7 Å². The van der Waals surface area contributed by atoms with Gasteiger partial charge in [-0.15, -0.1) is 0 Å². The molecule has 0 spiro atoms. The molecule has 1 aromatic rings. The third-order valence-corrected chi connectivity index (χ3v) is 3.81. The lowest BCUT2D eigenvalue weighted by Crippen LogP contribution is -2.42. The second-order valence-corrected chi connectivity index (χ2v) is 5.35. The van der Waals surface area contributed by atoms with Crippen LogP contribution in [0.1, 0.15) is 26.7 Å². The first kappa shape index (κ1) is 12.9. The van der Waals surface area contributed by atoms with Gasteiger partial charge in [-0.05, 0) is 30.9 Å². The summed E-state index contributed by atoms with van der Waals surface area (Å²) in [4.78, 5) is 13.7. The van der Waals surface area contributed by atoms with Crippen molar-refractivity contribution in [3.63, 3.8) is 0 Å². The first-order valence-corrected chi connectivity index (χ1v) is 6.65. The molecule has 1 aromatic carbocycles. The van der Waals surface area contributed by atoms with Crippen molar-refractivity contribution >= 4 is 11.7 Å². The minimum absolute atomic E-state index is 0.130. The molecule has 2 atom stereocenters. The summed E-state index contributed by atoms with van der Waals surface area (Å²) in [5.74, 6) is -0.789. The van der Waals surface area contributed by atoms with Crippen LogP contribution in [0.15, 0.2) is 30.3 Å². The molecule has 0 aromatic heterocycles. The number of hydrogen-bond acceptors (Lipinski definition) is 2. The maximum absolute atomic E-state index is 11.5. The van der Waals surface area contributed by atoms with E-state index >= 15 is 0 Å². The molecule has 1 aliphatic heterocycles. The standard InChI is InChI=1S/C15H21NO2/c1-11(2)14(15(17)18)13-9-6-10-16(13)12-7-4-3-5-8-12/h3-5,7-8,11,13-14H,6,9-10H2,1-2H3,(H,17,18)/t13-,14-/m1/s1. The third kappa shape index (κ3) is 2.50. The Hall–Kier alpha value is -1.51. The van der Waals surface area contributed by atoms with E-state index in [-0.39, 0.29) is 17.9 Å². The van der Waals surface area contributed by atoms with E-state index in [1.165, 1.54) is 0 Å². The van der Waals surface area contributed by atoms with E-state index in [9.17, 15) is 9.90 Å². The summed E-state index contributed by atoms with van der Waals surface area (Å²) >= 11 is 0. The summed E-state index contributed by atoms with van der Waals surface area (Å²) < 4.78 is 0. The topological polar surface area (TPSA) is 40.5 Å². The molecule has 1 fully saturated rings. The van der Waals surface area contributed by atoms with Crippen molar-refractivity contribution in [3.05, 3.63) is 30.3 Å². The normalized spacial score (nSPS) is 21.3. The summed E-state index contributed by atoms with van der Waals surface area (Å²) in [6.07, 6.45) is 2.06. The zero-order valence-corrected chi connectivity index (χ0v) is 11.0. The van der Waals surface area contributed by atoms with Crippen molar-refractivity contribution in [2.75, 3.05) is 11.4 Å². The summed E-state index contributed by atoms with van der Waals surface area (Å²) in [6.45, 7) is 4.96. The van der Waals surface area contributed by atoms with Gasteiger partial charge in [0, 0.05) is 18.3 Å². The highest BCUT2D eigenvalue weighted by molar-refractivity contribution is 5.72. The number of hydrogen-bond donors (Lipinski definition) is 1. The summed E-state index contributed by atoms with van der Waals surface area (Å²) in [5.41, 5.74) is 1.15. The molecule has 2 rings (SSSR count). The molecule has 0 amide bonds. The third-order valence-electron chi connectivity index (χ3n) is 3.81. The van der Waals surface area contributed by atoms with Gasteiger partial charge in [-0.1, -0.05) is 32.0 Å². The van der Waals surface area contributed by atoms with Crippen LogP contribution >= 0.6 is 0 Å². The maximum atomic E-state index is 11.5. The number of rotatable bonds is 4. The van der Waals surface area contributed by atoms with Gasteiger partial charge in [-0.2, -0.15) is 0 Å². The lowest BCUT2D eigenvalue weighted by atomic mass is 9.87. The number of aliphatic carboxylic acids is 1. The first-order chi connectivity index (χ1) is 8.61. The van der Waals surface area contributed by atoms with Crippen LogP contribution in [0.3, 0.4) is 0 Å². The molecule has 0 bridgehead atoms. The number of benzene rings is 1. The fourth-order valence-corrected chi connectivity index (χ4v) is 3.00. The summed E-state index contributed by atoms with van der Waals surface area (Å²) in [7, 11) is 0. The molecule has 1 heterocycles. The molecule has 1 saturated heterocycles. The highest BCUT2D eigenvalue weighted by atomic mass is 16.4. The van der Waals surface area contributed by atoms with Gasteiger partial charge in [-0.3, -0.25) is 4.79 Å². The maximum Gasteiger partial charge on any atom is 0.308 e. The van der Waals surface area contributed by atoms with Crippen LogP contribution in [0.25, 0.3) is 0 Å². The van der Waals surface area contributed by atoms with Gasteiger partial charge in [0.25, 0.3) is 0 Å². The highest BCUT2D eigenvalue weighted by Crippen LogP contribution is 2.32. The van der Waals surface area contributed by atoms with Crippen LogP contribution < -0.4 is 4.90 Å². The van der Waals surface area contributed by atoms with Crippen molar-refractivity contribution in [3.8, 4) is 0 Å². The van der Waals surface area contributed by atoms with Gasteiger partial charge >= 0.3 is 5.97 Å². The Morgan fingerprint density at radius 3 is 2.56 bits per heavy atom. The van der Waals surface area contributed by atoms with Crippen LogP contribution in [0.2, 0.25) is 0 Å². The van der Waals surface area contributed by atoms with Crippen LogP contribution in [0, 0.1) is 11.8 Å². The monoisotopic (exact) mass is 247 g/mol. The van der Waals surface area contributed by atoms with E-state index in [1.807, 2.05) is 32.0 Å². The average Bonchev–Trinajstić information content (AvgIpc) is 2.78. The SMILES string of the molecule is CC(C)[C@@H](C(=O)O)[C@H]1CCCN1c1ccccc1. The van der Waals surface area contributed by atoms with Crippen molar-refractivity contribution in [2.45, 2.75) is 32.7 Å². The van der Waals surface area contributed by atoms with Crippen LogP contribution in [0.5, 0.6) is 0 Å². The van der Waals surface area contributed by atoms with Crippen molar-refractivity contribution in [2.24, 2.45) is 11.8 Å². The smallest absolute Gasteiger partial charge is 0.308 e. The minimum Gasteiger partial charge on any atom is -0.481 e. The highest BCUT2D eigenvalue weighted by Gasteiger charge is 2.37. The number of nitrogens with zero attached hydrogens (tertiary/aromatic N) is 1. The molecule has 0 saturated carbocycles. The largest absolute Gasteiger partial charge is 0.481 e. The van der Waals surface area contributed by atoms with Gasteiger partial charge in [-0.25, -0.2) is 0 Å². The molecule has 18 heavy (non-hydrogen) atoms. The molecular formula is C15H21NO2. The zero-order chi connectivity index (χ0) is 13.1. The Bertz CT molecular complexity index is 402. The first-order valence-electron chi connectivity index (χ1n) is 6.65. The second-order valence-electron chi connectivity index (χ2n) is 5.35. The zero-order valence-electron chi connectivity index (χ0n) is 11.0. The Kier molecular flexibility index (Phi) is 3.90.